The Kier molecular flexibility index (Phi) is 8.27. The molecule has 4 nitrogen and oxygen atoms in total. The van der Waals surface area contributed by atoms with Crippen molar-refractivity contribution in [2.24, 2.45) is 0 Å². The van der Waals surface area contributed by atoms with Gasteiger partial charge in [0.1, 0.15) is 0 Å². The Balaban J connectivity index is 3.01. The second kappa shape index (κ2) is 9.71. The van der Waals surface area contributed by atoms with E-state index >= 15 is 0 Å². The van der Waals surface area contributed by atoms with E-state index in [0.29, 0.717) is 13.2 Å². The second-order valence-electron chi connectivity index (χ2n) is 4.60. The molecule has 0 radical (unpaired) electrons. The summed E-state index contributed by atoms with van der Waals surface area (Å²) in [6, 6.07) is 4.71. The topological polar surface area (TPSA) is 39.7 Å². The molecule has 1 N–H and O–H groups in total. The summed E-state index contributed by atoms with van der Waals surface area (Å²) in [5, 5.41) is 3.36. The van der Waals surface area contributed by atoms with Crippen LogP contribution in [0.15, 0.2) is 18.2 Å². The van der Waals surface area contributed by atoms with Crippen LogP contribution in [-0.2, 0) is 9.47 Å². The monoisotopic (exact) mass is 299 g/mol. The van der Waals surface area contributed by atoms with Crippen molar-refractivity contribution in [2.45, 2.75) is 39.5 Å². The Bertz CT molecular complexity index is 409. The largest absolute Gasteiger partial charge is 0.494 e. The van der Waals surface area contributed by atoms with Crippen LogP contribution >= 0.6 is 0 Å². The van der Waals surface area contributed by atoms with Gasteiger partial charge in [-0.2, -0.15) is 0 Å². The molecule has 1 aromatic carbocycles. The molecule has 0 saturated heterocycles. The molecule has 1 aromatic rings. The van der Waals surface area contributed by atoms with Crippen molar-refractivity contribution in [1.29, 1.82) is 0 Å². The lowest BCUT2D eigenvalue weighted by atomic mass is 10.1. The van der Waals surface area contributed by atoms with Crippen LogP contribution in [0, 0.1) is 5.82 Å². The minimum Gasteiger partial charge on any atom is -0.494 e. The molecule has 0 bridgehead atoms. The number of hydrogen-bond acceptors (Lipinski definition) is 4. The van der Waals surface area contributed by atoms with Crippen molar-refractivity contribution in [3.8, 4) is 5.75 Å². The first-order chi connectivity index (χ1) is 10.2. The third kappa shape index (κ3) is 5.26. The second-order valence-corrected chi connectivity index (χ2v) is 4.60. The molecule has 0 spiro atoms. The van der Waals surface area contributed by atoms with E-state index in [1.807, 2.05) is 19.9 Å². The highest BCUT2D eigenvalue weighted by Gasteiger charge is 2.24. The van der Waals surface area contributed by atoms with Crippen molar-refractivity contribution in [1.82, 2.24) is 5.32 Å². The summed E-state index contributed by atoms with van der Waals surface area (Å²) in [5.74, 6) is -0.151. The van der Waals surface area contributed by atoms with Gasteiger partial charge in [0.25, 0.3) is 0 Å². The SMILES string of the molecule is CCCNC(c1ccc(OC)c(F)c1)C(OCC)OCC. The average molecular weight is 299 g/mol. The summed E-state index contributed by atoms with van der Waals surface area (Å²) in [6.45, 7) is 7.78. The molecular formula is C16H26FNO3. The fourth-order valence-corrected chi connectivity index (χ4v) is 2.12. The molecule has 0 saturated carbocycles. The third-order valence-corrected chi connectivity index (χ3v) is 3.08. The van der Waals surface area contributed by atoms with Crippen LogP contribution in [0.3, 0.4) is 0 Å². The molecule has 0 aliphatic rings. The van der Waals surface area contributed by atoms with Crippen molar-refractivity contribution in [3.05, 3.63) is 29.6 Å². The molecular weight excluding hydrogens is 273 g/mol. The predicted octanol–water partition coefficient (Wildman–Crippen LogP) is 3.27. The Morgan fingerprint density at radius 1 is 1.14 bits per heavy atom. The lowest BCUT2D eigenvalue weighted by Gasteiger charge is -2.28. The first-order valence-electron chi connectivity index (χ1n) is 7.47. The van der Waals surface area contributed by atoms with Gasteiger partial charge in [0, 0.05) is 13.2 Å². The fraction of sp³-hybridized carbons (Fsp3) is 0.625. The normalized spacial score (nSPS) is 12.7. The lowest BCUT2D eigenvalue weighted by molar-refractivity contribution is -0.155. The number of nitrogens with one attached hydrogen (secondary N) is 1. The number of rotatable bonds is 10. The predicted molar refractivity (Wildman–Crippen MR) is 81.0 cm³/mol. The van der Waals surface area contributed by atoms with E-state index in [-0.39, 0.29) is 17.6 Å². The molecule has 0 aliphatic carbocycles. The van der Waals surface area contributed by atoms with E-state index in [0.717, 1.165) is 18.5 Å². The van der Waals surface area contributed by atoms with E-state index in [1.54, 1.807) is 6.07 Å². The quantitative estimate of drug-likeness (QED) is 0.673. The van der Waals surface area contributed by atoms with Crippen LogP contribution < -0.4 is 10.1 Å². The zero-order chi connectivity index (χ0) is 15.7. The molecule has 0 heterocycles. The molecule has 0 aliphatic heterocycles. The van der Waals surface area contributed by atoms with E-state index < -0.39 is 6.29 Å². The molecule has 5 heteroatoms. The molecule has 21 heavy (non-hydrogen) atoms. The third-order valence-electron chi connectivity index (χ3n) is 3.08. The maximum absolute atomic E-state index is 13.9. The van der Waals surface area contributed by atoms with Gasteiger partial charge in [0.05, 0.1) is 13.2 Å². The summed E-state index contributed by atoms with van der Waals surface area (Å²) in [7, 11) is 1.45. The lowest BCUT2D eigenvalue weighted by Crippen LogP contribution is -2.36. The van der Waals surface area contributed by atoms with Gasteiger partial charge in [-0.25, -0.2) is 4.39 Å². The van der Waals surface area contributed by atoms with Gasteiger partial charge in [-0.1, -0.05) is 13.0 Å². The van der Waals surface area contributed by atoms with E-state index in [2.05, 4.69) is 12.2 Å². The standard InChI is InChI=1S/C16H26FNO3/c1-5-10-18-15(16(20-6-2)21-7-3)12-8-9-14(19-4)13(17)11-12/h8-9,11,15-16,18H,5-7,10H2,1-4H3. The van der Waals surface area contributed by atoms with Gasteiger partial charge < -0.3 is 19.5 Å². The summed E-state index contributed by atoms with van der Waals surface area (Å²) in [5.41, 5.74) is 0.786. The van der Waals surface area contributed by atoms with Crippen LogP contribution in [0.25, 0.3) is 0 Å². The Morgan fingerprint density at radius 2 is 1.81 bits per heavy atom. The van der Waals surface area contributed by atoms with Gasteiger partial charge in [0.15, 0.2) is 17.9 Å². The van der Waals surface area contributed by atoms with E-state index in [9.17, 15) is 4.39 Å². The minimum absolute atomic E-state index is 0.217. The molecule has 1 atom stereocenters. The molecule has 1 rings (SSSR count). The van der Waals surface area contributed by atoms with Crippen molar-refractivity contribution >= 4 is 0 Å². The van der Waals surface area contributed by atoms with Gasteiger partial charge >= 0.3 is 0 Å². The van der Waals surface area contributed by atoms with Gasteiger partial charge in [-0.15, -0.1) is 0 Å². The first-order valence-corrected chi connectivity index (χ1v) is 7.47. The first kappa shape index (κ1) is 17.9. The van der Waals surface area contributed by atoms with Crippen LogP contribution in [-0.4, -0.2) is 33.2 Å². The molecule has 120 valence electrons. The molecule has 0 aromatic heterocycles. The highest BCUT2D eigenvalue weighted by Crippen LogP contribution is 2.25. The highest BCUT2D eigenvalue weighted by molar-refractivity contribution is 5.31. The van der Waals surface area contributed by atoms with Gasteiger partial charge in [-0.3, -0.25) is 0 Å². The zero-order valence-electron chi connectivity index (χ0n) is 13.3. The van der Waals surface area contributed by atoms with E-state index in [1.165, 1.54) is 13.2 Å². The molecule has 0 amide bonds. The minimum atomic E-state index is -0.445. The fourth-order valence-electron chi connectivity index (χ4n) is 2.12. The highest BCUT2D eigenvalue weighted by atomic mass is 19.1. The zero-order valence-corrected chi connectivity index (χ0v) is 13.3. The number of methoxy groups -OCH3 is 1. The van der Waals surface area contributed by atoms with Crippen molar-refractivity contribution < 1.29 is 18.6 Å². The van der Waals surface area contributed by atoms with Crippen LogP contribution in [0.4, 0.5) is 4.39 Å². The van der Waals surface area contributed by atoms with E-state index in [4.69, 9.17) is 14.2 Å². The van der Waals surface area contributed by atoms with Crippen LogP contribution in [0.2, 0.25) is 0 Å². The number of ether oxygens (including phenoxy) is 3. The summed E-state index contributed by atoms with van der Waals surface area (Å²) >= 11 is 0. The Labute approximate surface area is 126 Å². The van der Waals surface area contributed by atoms with Crippen LogP contribution in [0.5, 0.6) is 5.75 Å². The number of benzene rings is 1. The summed E-state index contributed by atoms with van der Waals surface area (Å²) in [4.78, 5) is 0. The number of hydrogen-bond donors (Lipinski definition) is 1. The molecule has 1 unspecified atom stereocenters. The van der Waals surface area contributed by atoms with Crippen LogP contribution in [0.1, 0.15) is 38.8 Å². The maximum atomic E-state index is 13.9. The van der Waals surface area contributed by atoms with Gasteiger partial charge in [-0.05, 0) is 44.5 Å². The van der Waals surface area contributed by atoms with Crippen molar-refractivity contribution in [3.63, 3.8) is 0 Å². The van der Waals surface area contributed by atoms with Crippen molar-refractivity contribution in [2.75, 3.05) is 26.9 Å². The molecule has 0 fully saturated rings. The smallest absolute Gasteiger partial charge is 0.176 e. The summed E-state index contributed by atoms with van der Waals surface area (Å²) in [6.07, 6.45) is 0.527. The Hall–Kier alpha value is -1.17. The maximum Gasteiger partial charge on any atom is 0.176 e. The average Bonchev–Trinajstić information content (AvgIpc) is 2.48. The summed E-state index contributed by atoms with van der Waals surface area (Å²) < 4.78 is 30.2. The Morgan fingerprint density at radius 3 is 2.29 bits per heavy atom. The number of halogens is 1. The van der Waals surface area contributed by atoms with Gasteiger partial charge in [0.2, 0.25) is 0 Å².